The lowest BCUT2D eigenvalue weighted by atomic mass is 10.1. The fourth-order valence-corrected chi connectivity index (χ4v) is 2.09. The molecule has 0 aliphatic heterocycles. The molecule has 1 aromatic rings. The van der Waals surface area contributed by atoms with Crippen LogP contribution in [-0.4, -0.2) is 27.2 Å². The molecule has 0 bridgehead atoms. The number of anilines is 1. The molecule has 0 aliphatic rings. The molecular weight excluding hydrogens is 236 g/mol. The molecule has 4 heteroatoms. The molecule has 0 amide bonds. The minimum atomic E-state index is 0.459. The molecule has 1 unspecified atom stereocenters. The standard InChI is InChI=1S/C13H21ClN2O/c1-9(7-15)8-16(3)12-6-11(14)13(17-4)5-10(12)2/h5-6,9H,7-8,15H2,1-4H3. The zero-order valence-electron chi connectivity index (χ0n) is 11.0. The van der Waals surface area contributed by atoms with Gasteiger partial charge in [0.25, 0.3) is 0 Å². The van der Waals surface area contributed by atoms with E-state index < -0.39 is 0 Å². The summed E-state index contributed by atoms with van der Waals surface area (Å²) >= 11 is 6.14. The topological polar surface area (TPSA) is 38.5 Å². The van der Waals surface area contributed by atoms with Gasteiger partial charge in [-0.2, -0.15) is 0 Å². The van der Waals surface area contributed by atoms with Crippen molar-refractivity contribution in [1.29, 1.82) is 0 Å². The van der Waals surface area contributed by atoms with Crippen LogP contribution >= 0.6 is 11.6 Å². The molecule has 17 heavy (non-hydrogen) atoms. The van der Waals surface area contributed by atoms with Crippen LogP contribution in [-0.2, 0) is 0 Å². The summed E-state index contributed by atoms with van der Waals surface area (Å²) in [6.45, 7) is 5.79. The molecule has 1 aromatic carbocycles. The first-order valence-electron chi connectivity index (χ1n) is 5.75. The van der Waals surface area contributed by atoms with Crippen LogP contribution in [0.1, 0.15) is 12.5 Å². The van der Waals surface area contributed by atoms with Gasteiger partial charge in [-0.1, -0.05) is 18.5 Å². The number of rotatable bonds is 5. The highest BCUT2D eigenvalue weighted by Gasteiger charge is 2.11. The monoisotopic (exact) mass is 256 g/mol. The van der Waals surface area contributed by atoms with Crippen LogP contribution in [0.5, 0.6) is 5.75 Å². The number of methoxy groups -OCH3 is 1. The molecule has 0 aliphatic carbocycles. The van der Waals surface area contributed by atoms with E-state index in [4.69, 9.17) is 22.1 Å². The fourth-order valence-electron chi connectivity index (χ4n) is 1.85. The van der Waals surface area contributed by atoms with Crippen molar-refractivity contribution in [2.24, 2.45) is 11.7 Å². The van der Waals surface area contributed by atoms with E-state index >= 15 is 0 Å². The van der Waals surface area contributed by atoms with Crippen molar-refractivity contribution in [3.05, 3.63) is 22.7 Å². The number of aryl methyl sites for hydroxylation is 1. The Morgan fingerprint density at radius 2 is 2.12 bits per heavy atom. The van der Waals surface area contributed by atoms with Crippen LogP contribution < -0.4 is 15.4 Å². The average Bonchev–Trinajstić information content (AvgIpc) is 2.31. The maximum absolute atomic E-state index is 6.14. The number of halogens is 1. The summed E-state index contributed by atoms with van der Waals surface area (Å²) < 4.78 is 5.19. The quantitative estimate of drug-likeness (QED) is 0.880. The Balaban J connectivity index is 2.94. The van der Waals surface area contributed by atoms with Gasteiger partial charge in [-0.25, -0.2) is 0 Å². The largest absolute Gasteiger partial charge is 0.495 e. The van der Waals surface area contributed by atoms with E-state index in [2.05, 4.69) is 25.8 Å². The van der Waals surface area contributed by atoms with E-state index in [9.17, 15) is 0 Å². The molecule has 0 saturated carbocycles. The second-order valence-corrected chi connectivity index (χ2v) is 4.90. The predicted octanol–water partition coefficient (Wildman–Crippen LogP) is 2.69. The van der Waals surface area contributed by atoms with Crippen LogP contribution in [0.2, 0.25) is 5.02 Å². The van der Waals surface area contributed by atoms with E-state index in [1.54, 1.807) is 7.11 Å². The van der Waals surface area contributed by atoms with Crippen molar-refractivity contribution in [2.75, 3.05) is 32.1 Å². The molecule has 96 valence electrons. The van der Waals surface area contributed by atoms with E-state index in [-0.39, 0.29) is 0 Å². The maximum atomic E-state index is 6.14. The molecule has 0 spiro atoms. The van der Waals surface area contributed by atoms with Crippen LogP contribution in [0, 0.1) is 12.8 Å². The number of hydrogen-bond donors (Lipinski definition) is 1. The Morgan fingerprint density at radius 3 is 2.65 bits per heavy atom. The average molecular weight is 257 g/mol. The summed E-state index contributed by atoms with van der Waals surface area (Å²) in [5, 5.41) is 0.639. The van der Waals surface area contributed by atoms with Gasteiger partial charge in [-0.05, 0) is 37.1 Å². The second kappa shape index (κ2) is 6.12. The Hall–Kier alpha value is -0.930. The van der Waals surface area contributed by atoms with Gasteiger partial charge in [0.2, 0.25) is 0 Å². The van der Waals surface area contributed by atoms with Crippen LogP contribution in [0.15, 0.2) is 12.1 Å². The van der Waals surface area contributed by atoms with E-state index in [0.717, 1.165) is 17.8 Å². The van der Waals surface area contributed by atoms with Gasteiger partial charge in [-0.15, -0.1) is 0 Å². The van der Waals surface area contributed by atoms with Gasteiger partial charge in [0.1, 0.15) is 5.75 Å². The van der Waals surface area contributed by atoms with Crippen molar-refractivity contribution in [1.82, 2.24) is 0 Å². The Morgan fingerprint density at radius 1 is 1.47 bits per heavy atom. The molecule has 0 aromatic heterocycles. The zero-order chi connectivity index (χ0) is 13.0. The van der Waals surface area contributed by atoms with Crippen LogP contribution in [0.25, 0.3) is 0 Å². The second-order valence-electron chi connectivity index (χ2n) is 4.49. The van der Waals surface area contributed by atoms with Crippen LogP contribution in [0.3, 0.4) is 0 Å². The fraction of sp³-hybridized carbons (Fsp3) is 0.538. The van der Waals surface area contributed by atoms with Gasteiger partial charge in [-0.3, -0.25) is 0 Å². The van der Waals surface area contributed by atoms with Crippen molar-refractivity contribution in [3.8, 4) is 5.75 Å². The lowest BCUT2D eigenvalue weighted by Crippen LogP contribution is -2.28. The van der Waals surface area contributed by atoms with E-state index in [1.165, 1.54) is 0 Å². The third kappa shape index (κ3) is 3.51. The summed E-state index contributed by atoms with van der Waals surface area (Å²) in [5.74, 6) is 1.17. The van der Waals surface area contributed by atoms with E-state index in [1.807, 2.05) is 12.1 Å². The molecule has 3 nitrogen and oxygen atoms in total. The normalized spacial score (nSPS) is 12.4. The summed E-state index contributed by atoms with van der Waals surface area (Å²) in [6.07, 6.45) is 0. The first kappa shape index (κ1) is 14.1. The summed E-state index contributed by atoms with van der Waals surface area (Å²) in [5.41, 5.74) is 7.91. The maximum Gasteiger partial charge on any atom is 0.137 e. The van der Waals surface area contributed by atoms with E-state index in [0.29, 0.717) is 23.2 Å². The molecule has 1 atom stereocenters. The molecular formula is C13H21ClN2O. The van der Waals surface area contributed by atoms with Gasteiger partial charge in [0.15, 0.2) is 0 Å². The van der Waals surface area contributed by atoms with Crippen molar-refractivity contribution < 1.29 is 4.74 Å². The van der Waals surface area contributed by atoms with Crippen molar-refractivity contribution in [3.63, 3.8) is 0 Å². The first-order chi connectivity index (χ1) is 7.99. The summed E-state index contributed by atoms with van der Waals surface area (Å²) in [6, 6.07) is 3.90. The highest BCUT2D eigenvalue weighted by Crippen LogP contribution is 2.32. The zero-order valence-corrected chi connectivity index (χ0v) is 11.7. The lowest BCUT2D eigenvalue weighted by molar-refractivity contribution is 0.414. The molecule has 0 radical (unpaired) electrons. The number of nitrogens with zero attached hydrogens (tertiary/aromatic N) is 1. The highest BCUT2D eigenvalue weighted by atomic mass is 35.5. The summed E-state index contributed by atoms with van der Waals surface area (Å²) in [7, 11) is 3.68. The number of benzene rings is 1. The minimum absolute atomic E-state index is 0.459. The minimum Gasteiger partial charge on any atom is -0.495 e. The highest BCUT2D eigenvalue weighted by molar-refractivity contribution is 6.32. The lowest BCUT2D eigenvalue weighted by Gasteiger charge is -2.25. The third-order valence-corrected chi connectivity index (χ3v) is 3.16. The SMILES string of the molecule is COc1cc(C)c(N(C)CC(C)CN)cc1Cl. The van der Waals surface area contributed by atoms with Gasteiger partial charge >= 0.3 is 0 Å². The molecule has 0 saturated heterocycles. The Labute approximate surface area is 109 Å². The van der Waals surface area contributed by atoms with Crippen molar-refractivity contribution >= 4 is 17.3 Å². The molecule has 2 N–H and O–H groups in total. The first-order valence-corrected chi connectivity index (χ1v) is 6.12. The molecule has 1 rings (SSSR count). The van der Waals surface area contributed by atoms with Crippen molar-refractivity contribution in [2.45, 2.75) is 13.8 Å². The number of ether oxygens (including phenoxy) is 1. The number of nitrogens with two attached hydrogens (primary N) is 1. The van der Waals surface area contributed by atoms with Gasteiger partial charge in [0.05, 0.1) is 12.1 Å². The molecule has 0 fully saturated rings. The van der Waals surface area contributed by atoms with Gasteiger partial charge < -0.3 is 15.4 Å². The predicted molar refractivity (Wildman–Crippen MR) is 74.2 cm³/mol. The molecule has 0 heterocycles. The van der Waals surface area contributed by atoms with Crippen LogP contribution in [0.4, 0.5) is 5.69 Å². The number of hydrogen-bond acceptors (Lipinski definition) is 3. The third-order valence-electron chi connectivity index (χ3n) is 2.87. The van der Waals surface area contributed by atoms with Gasteiger partial charge in [0, 0.05) is 19.3 Å². The Bertz CT molecular complexity index is 382. The Kier molecular flexibility index (Phi) is 5.09. The summed E-state index contributed by atoms with van der Waals surface area (Å²) in [4.78, 5) is 2.18. The smallest absolute Gasteiger partial charge is 0.137 e.